The molecule has 0 saturated heterocycles. The number of halogens is 1. The Labute approximate surface area is 142 Å². The van der Waals surface area contributed by atoms with Crippen LogP contribution in [0.1, 0.15) is 10.4 Å². The monoisotopic (exact) mass is 351 g/mol. The fraction of sp³-hybridized carbons (Fsp3) is 0.133. The van der Waals surface area contributed by atoms with E-state index in [1.54, 1.807) is 23.9 Å². The van der Waals surface area contributed by atoms with Crippen LogP contribution in [0.3, 0.4) is 0 Å². The Morgan fingerprint density at radius 1 is 1.26 bits per heavy atom. The lowest BCUT2D eigenvalue weighted by molar-refractivity contribution is -0.384. The van der Waals surface area contributed by atoms with Gasteiger partial charge in [0, 0.05) is 35.0 Å². The van der Waals surface area contributed by atoms with Gasteiger partial charge in [-0.15, -0.1) is 11.8 Å². The number of benzene rings is 2. The van der Waals surface area contributed by atoms with Crippen LogP contribution < -0.4 is 11.1 Å². The van der Waals surface area contributed by atoms with E-state index in [1.807, 2.05) is 12.1 Å². The van der Waals surface area contributed by atoms with Crippen molar-refractivity contribution in [3.63, 3.8) is 0 Å². The first kappa shape index (κ1) is 17.3. The first-order valence-electron chi connectivity index (χ1n) is 6.69. The van der Waals surface area contributed by atoms with Gasteiger partial charge in [0.25, 0.3) is 11.6 Å². The Balaban J connectivity index is 2.12. The SMILES string of the molecule is NCCSc1ccc(NC(=O)c2cc([N+](=O)[O-])ccc2Cl)cc1. The zero-order valence-electron chi connectivity index (χ0n) is 12.0. The molecule has 8 heteroatoms. The van der Waals surface area contributed by atoms with Crippen molar-refractivity contribution in [1.82, 2.24) is 0 Å². The van der Waals surface area contributed by atoms with E-state index >= 15 is 0 Å². The molecule has 0 saturated carbocycles. The number of nitrogens with zero attached hydrogens (tertiary/aromatic N) is 1. The highest BCUT2D eigenvalue weighted by Gasteiger charge is 2.16. The minimum Gasteiger partial charge on any atom is -0.330 e. The standard InChI is InChI=1S/C15H14ClN3O3S/c16-14-6-3-11(19(21)22)9-13(14)15(20)18-10-1-4-12(5-2-10)23-8-7-17/h1-6,9H,7-8,17H2,(H,18,20). The number of nitrogens with one attached hydrogen (secondary N) is 1. The number of carbonyl (C=O) groups excluding carboxylic acids is 1. The smallest absolute Gasteiger partial charge is 0.270 e. The van der Waals surface area contributed by atoms with Crippen molar-refractivity contribution in [2.24, 2.45) is 5.73 Å². The van der Waals surface area contributed by atoms with E-state index in [4.69, 9.17) is 17.3 Å². The van der Waals surface area contributed by atoms with Crippen molar-refractivity contribution in [2.45, 2.75) is 4.90 Å². The zero-order chi connectivity index (χ0) is 16.8. The van der Waals surface area contributed by atoms with Crippen LogP contribution in [0, 0.1) is 10.1 Å². The molecule has 1 amide bonds. The van der Waals surface area contributed by atoms with Crippen LogP contribution in [-0.2, 0) is 0 Å². The molecule has 0 fully saturated rings. The van der Waals surface area contributed by atoms with Gasteiger partial charge < -0.3 is 11.1 Å². The van der Waals surface area contributed by atoms with Crippen LogP contribution in [0.15, 0.2) is 47.4 Å². The minimum atomic E-state index is -0.573. The summed E-state index contributed by atoms with van der Waals surface area (Å²) in [4.78, 5) is 23.5. The normalized spacial score (nSPS) is 10.3. The van der Waals surface area contributed by atoms with Crippen molar-refractivity contribution in [3.05, 3.63) is 63.2 Å². The van der Waals surface area contributed by atoms with Gasteiger partial charge in [-0.3, -0.25) is 14.9 Å². The largest absolute Gasteiger partial charge is 0.330 e. The van der Waals surface area contributed by atoms with E-state index in [-0.39, 0.29) is 16.3 Å². The topological polar surface area (TPSA) is 98.3 Å². The molecule has 2 aromatic rings. The van der Waals surface area contributed by atoms with Gasteiger partial charge in [0.05, 0.1) is 15.5 Å². The molecule has 0 aromatic heterocycles. The average Bonchev–Trinajstić information content (AvgIpc) is 2.54. The van der Waals surface area contributed by atoms with Gasteiger partial charge in [0.2, 0.25) is 0 Å². The molecule has 0 heterocycles. The van der Waals surface area contributed by atoms with Gasteiger partial charge in [-0.25, -0.2) is 0 Å². The number of hydrogen-bond acceptors (Lipinski definition) is 5. The van der Waals surface area contributed by atoms with Crippen molar-refractivity contribution in [3.8, 4) is 0 Å². The molecule has 3 N–H and O–H groups in total. The Morgan fingerprint density at radius 3 is 2.57 bits per heavy atom. The summed E-state index contributed by atoms with van der Waals surface area (Å²) in [6.07, 6.45) is 0. The molecule has 2 rings (SSSR count). The number of nitrogens with two attached hydrogens (primary N) is 1. The maximum Gasteiger partial charge on any atom is 0.270 e. The summed E-state index contributed by atoms with van der Waals surface area (Å²) in [5, 5.41) is 13.6. The van der Waals surface area contributed by atoms with Crippen LogP contribution in [0.2, 0.25) is 5.02 Å². The second kappa shape index (κ2) is 7.96. The molecular formula is C15H14ClN3O3S. The van der Waals surface area contributed by atoms with Crippen LogP contribution >= 0.6 is 23.4 Å². The van der Waals surface area contributed by atoms with E-state index in [9.17, 15) is 14.9 Å². The number of rotatable bonds is 6. The first-order valence-corrected chi connectivity index (χ1v) is 8.06. The Kier molecular flexibility index (Phi) is 5.97. The lowest BCUT2D eigenvalue weighted by atomic mass is 10.2. The number of non-ortho nitro benzene ring substituents is 1. The van der Waals surface area contributed by atoms with Crippen LogP contribution in [0.4, 0.5) is 11.4 Å². The highest BCUT2D eigenvalue weighted by Crippen LogP contribution is 2.24. The summed E-state index contributed by atoms with van der Waals surface area (Å²) in [6.45, 7) is 0.592. The Morgan fingerprint density at radius 2 is 1.96 bits per heavy atom. The number of nitro groups is 1. The second-order valence-corrected chi connectivity index (χ2v) is 6.11. The molecule has 0 aliphatic carbocycles. The fourth-order valence-corrected chi connectivity index (χ4v) is 2.70. The van der Waals surface area contributed by atoms with E-state index in [0.717, 1.165) is 16.7 Å². The molecule has 120 valence electrons. The molecule has 0 aliphatic heterocycles. The average molecular weight is 352 g/mol. The van der Waals surface area contributed by atoms with Crippen LogP contribution in [0.25, 0.3) is 0 Å². The van der Waals surface area contributed by atoms with Gasteiger partial charge in [-0.05, 0) is 30.3 Å². The highest BCUT2D eigenvalue weighted by molar-refractivity contribution is 7.99. The number of hydrogen-bond donors (Lipinski definition) is 2. The van der Waals surface area contributed by atoms with E-state index in [0.29, 0.717) is 12.2 Å². The molecule has 0 aliphatic rings. The summed E-state index contributed by atoms with van der Waals surface area (Å²) in [7, 11) is 0. The van der Waals surface area contributed by atoms with Crippen LogP contribution in [0.5, 0.6) is 0 Å². The highest BCUT2D eigenvalue weighted by atomic mass is 35.5. The molecule has 23 heavy (non-hydrogen) atoms. The number of thioether (sulfide) groups is 1. The quantitative estimate of drug-likeness (QED) is 0.471. The Hall–Kier alpha value is -2.09. The first-order chi connectivity index (χ1) is 11.0. The second-order valence-electron chi connectivity index (χ2n) is 4.54. The molecular weight excluding hydrogens is 338 g/mol. The summed E-state index contributed by atoms with van der Waals surface area (Å²) >= 11 is 7.56. The number of carbonyl (C=O) groups is 1. The van der Waals surface area contributed by atoms with Gasteiger partial charge in [-0.2, -0.15) is 0 Å². The molecule has 0 radical (unpaired) electrons. The van der Waals surface area contributed by atoms with E-state index < -0.39 is 10.8 Å². The third-order valence-corrected chi connectivity index (χ3v) is 4.28. The lowest BCUT2D eigenvalue weighted by Crippen LogP contribution is -2.12. The third kappa shape index (κ3) is 4.69. The summed E-state index contributed by atoms with van der Waals surface area (Å²) in [6, 6.07) is 11.0. The molecule has 0 bridgehead atoms. The van der Waals surface area contributed by atoms with Crippen molar-refractivity contribution < 1.29 is 9.72 Å². The number of anilines is 1. The maximum atomic E-state index is 12.2. The molecule has 0 unspecified atom stereocenters. The van der Waals surface area contributed by atoms with Crippen molar-refractivity contribution in [1.29, 1.82) is 0 Å². The number of nitro benzene ring substituents is 1. The minimum absolute atomic E-state index is 0.0578. The number of amides is 1. The summed E-state index contributed by atoms with van der Waals surface area (Å²) < 4.78 is 0. The van der Waals surface area contributed by atoms with Crippen LogP contribution in [-0.4, -0.2) is 23.1 Å². The van der Waals surface area contributed by atoms with E-state index in [1.165, 1.54) is 12.1 Å². The molecule has 6 nitrogen and oxygen atoms in total. The van der Waals surface area contributed by atoms with E-state index in [2.05, 4.69) is 5.32 Å². The van der Waals surface area contributed by atoms with Gasteiger partial charge in [-0.1, -0.05) is 11.6 Å². The molecule has 0 spiro atoms. The van der Waals surface area contributed by atoms with Gasteiger partial charge in [0.1, 0.15) is 0 Å². The molecule has 2 aromatic carbocycles. The predicted octanol–water partition coefficient (Wildman–Crippen LogP) is 3.55. The molecule has 0 atom stereocenters. The van der Waals surface area contributed by atoms with Gasteiger partial charge >= 0.3 is 0 Å². The predicted molar refractivity (Wildman–Crippen MR) is 92.3 cm³/mol. The fourth-order valence-electron chi connectivity index (χ4n) is 1.81. The summed E-state index contributed by atoms with van der Waals surface area (Å²) in [5.41, 5.74) is 5.90. The maximum absolute atomic E-state index is 12.2. The van der Waals surface area contributed by atoms with Crippen molar-refractivity contribution >= 4 is 40.6 Å². The Bertz CT molecular complexity index is 722. The van der Waals surface area contributed by atoms with Gasteiger partial charge in [0.15, 0.2) is 0 Å². The summed E-state index contributed by atoms with van der Waals surface area (Å²) in [5.74, 6) is 0.315. The van der Waals surface area contributed by atoms with Crippen molar-refractivity contribution in [2.75, 3.05) is 17.6 Å². The third-order valence-electron chi connectivity index (χ3n) is 2.90. The zero-order valence-corrected chi connectivity index (χ0v) is 13.6. The lowest BCUT2D eigenvalue weighted by Gasteiger charge is -2.07.